The van der Waals surface area contributed by atoms with E-state index in [4.69, 9.17) is 4.42 Å². The van der Waals surface area contributed by atoms with Crippen molar-refractivity contribution in [1.82, 2.24) is 0 Å². The Labute approximate surface area is 49.0 Å². The van der Waals surface area contributed by atoms with Gasteiger partial charge in [-0.1, -0.05) is 6.92 Å². The van der Waals surface area contributed by atoms with Crippen LogP contribution < -0.4 is 0 Å². The van der Waals surface area contributed by atoms with Crippen molar-refractivity contribution >= 4 is 0 Å². The minimum Gasteiger partial charge on any atom is -0.221 e. The molecule has 0 bridgehead atoms. The van der Waals surface area contributed by atoms with E-state index in [0.717, 1.165) is 12.2 Å². The Hall–Kier alpha value is -0.850. The van der Waals surface area contributed by atoms with E-state index in [1.54, 1.807) is 6.26 Å². The Morgan fingerprint density at radius 1 is 1.50 bits per heavy atom. The first-order chi connectivity index (χ1) is 3.93. The SMILES string of the molecule is CCc1cccc[o+]1. The summed E-state index contributed by atoms with van der Waals surface area (Å²) < 4.78 is 5.08. The molecule has 0 aliphatic rings. The van der Waals surface area contributed by atoms with Crippen LogP contribution in [0.5, 0.6) is 0 Å². The van der Waals surface area contributed by atoms with Crippen LogP contribution in [0.2, 0.25) is 0 Å². The van der Waals surface area contributed by atoms with E-state index in [1.165, 1.54) is 0 Å². The molecule has 8 heavy (non-hydrogen) atoms. The Morgan fingerprint density at radius 2 is 2.38 bits per heavy atom. The monoisotopic (exact) mass is 109 g/mol. The minimum absolute atomic E-state index is 0.973. The molecule has 0 aromatic carbocycles. The molecule has 0 saturated heterocycles. The highest BCUT2D eigenvalue weighted by Crippen LogP contribution is 1.96. The van der Waals surface area contributed by atoms with Crippen molar-refractivity contribution in [3.8, 4) is 0 Å². The van der Waals surface area contributed by atoms with Crippen molar-refractivity contribution in [2.45, 2.75) is 13.3 Å². The van der Waals surface area contributed by atoms with Crippen LogP contribution in [-0.2, 0) is 6.42 Å². The summed E-state index contributed by atoms with van der Waals surface area (Å²) in [5.74, 6) is 1.03. The fourth-order valence-electron chi connectivity index (χ4n) is 0.575. The van der Waals surface area contributed by atoms with E-state index in [9.17, 15) is 0 Å². The first kappa shape index (κ1) is 5.29. The molecule has 0 fully saturated rings. The average molecular weight is 109 g/mol. The molecule has 1 rings (SSSR count). The molecule has 1 heteroatoms. The lowest BCUT2D eigenvalue weighted by atomic mass is 10.3. The Balaban J connectivity index is 2.83. The van der Waals surface area contributed by atoms with Crippen molar-refractivity contribution in [2.75, 3.05) is 0 Å². The zero-order valence-corrected chi connectivity index (χ0v) is 4.92. The average Bonchev–Trinajstić information content (AvgIpc) is 1.90. The van der Waals surface area contributed by atoms with Crippen LogP contribution in [0.25, 0.3) is 0 Å². The van der Waals surface area contributed by atoms with Crippen LogP contribution in [-0.4, -0.2) is 0 Å². The van der Waals surface area contributed by atoms with Gasteiger partial charge in [0.2, 0.25) is 0 Å². The van der Waals surface area contributed by atoms with Crippen LogP contribution in [0, 0.1) is 0 Å². The molecule has 0 radical (unpaired) electrons. The lowest BCUT2D eigenvalue weighted by molar-refractivity contribution is 0.498. The molecular formula is C7H9O+. The summed E-state index contributed by atoms with van der Waals surface area (Å²) in [4.78, 5) is 0. The number of rotatable bonds is 1. The van der Waals surface area contributed by atoms with Gasteiger partial charge in [0.25, 0.3) is 0 Å². The summed E-state index contributed by atoms with van der Waals surface area (Å²) in [5, 5.41) is 0. The maximum absolute atomic E-state index is 5.08. The fraction of sp³-hybridized carbons (Fsp3) is 0.286. The van der Waals surface area contributed by atoms with Crippen LogP contribution in [0.3, 0.4) is 0 Å². The molecule has 0 N–H and O–H groups in total. The molecule has 1 heterocycles. The normalized spacial score (nSPS) is 9.12. The quantitative estimate of drug-likeness (QED) is 0.503. The third-order valence-corrected chi connectivity index (χ3v) is 1.04. The second kappa shape index (κ2) is 2.46. The number of hydrogen-bond acceptors (Lipinski definition) is 0. The van der Waals surface area contributed by atoms with Crippen molar-refractivity contribution in [2.24, 2.45) is 0 Å². The summed E-state index contributed by atoms with van der Waals surface area (Å²) >= 11 is 0. The van der Waals surface area contributed by atoms with E-state index in [2.05, 4.69) is 6.92 Å². The standard InChI is InChI=1S/C7H9O/c1-2-7-5-3-4-6-8-7/h3-6H,2H2,1H3/q+1. The molecule has 0 aliphatic heterocycles. The van der Waals surface area contributed by atoms with Gasteiger partial charge in [-0.25, -0.2) is 4.42 Å². The van der Waals surface area contributed by atoms with Crippen LogP contribution >= 0.6 is 0 Å². The predicted molar refractivity (Wildman–Crippen MR) is 32.5 cm³/mol. The summed E-state index contributed by atoms with van der Waals surface area (Å²) in [5.41, 5.74) is 0. The molecule has 0 spiro atoms. The molecule has 0 amide bonds. The Kier molecular flexibility index (Phi) is 1.62. The van der Waals surface area contributed by atoms with Gasteiger partial charge in [-0.15, -0.1) is 0 Å². The van der Waals surface area contributed by atoms with Gasteiger partial charge < -0.3 is 0 Å². The maximum atomic E-state index is 5.08. The van der Waals surface area contributed by atoms with E-state index in [0.29, 0.717) is 0 Å². The maximum Gasteiger partial charge on any atom is 0.328 e. The summed E-state index contributed by atoms with van der Waals surface area (Å²) in [7, 11) is 0. The first-order valence-corrected chi connectivity index (χ1v) is 2.79. The first-order valence-electron chi connectivity index (χ1n) is 2.79. The van der Waals surface area contributed by atoms with Gasteiger partial charge >= 0.3 is 12.0 Å². The van der Waals surface area contributed by atoms with Gasteiger partial charge in [0, 0.05) is 12.1 Å². The summed E-state index contributed by atoms with van der Waals surface area (Å²) in [6, 6.07) is 5.82. The van der Waals surface area contributed by atoms with Crippen LogP contribution in [0.4, 0.5) is 0 Å². The van der Waals surface area contributed by atoms with Gasteiger partial charge in [0.15, 0.2) is 0 Å². The molecule has 0 unspecified atom stereocenters. The van der Waals surface area contributed by atoms with Crippen molar-refractivity contribution in [3.05, 3.63) is 30.2 Å². The van der Waals surface area contributed by atoms with Crippen LogP contribution in [0.1, 0.15) is 12.7 Å². The van der Waals surface area contributed by atoms with E-state index in [1.807, 2.05) is 18.2 Å². The summed E-state index contributed by atoms with van der Waals surface area (Å²) in [6.45, 7) is 2.07. The largest absolute Gasteiger partial charge is 0.328 e. The topological polar surface area (TPSA) is 11.3 Å². The van der Waals surface area contributed by atoms with Crippen molar-refractivity contribution in [3.63, 3.8) is 0 Å². The van der Waals surface area contributed by atoms with E-state index < -0.39 is 0 Å². The minimum atomic E-state index is 0.973. The molecule has 0 atom stereocenters. The molecule has 0 saturated carbocycles. The second-order valence-corrected chi connectivity index (χ2v) is 1.63. The lowest BCUT2D eigenvalue weighted by Gasteiger charge is -1.75. The molecule has 42 valence electrons. The number of aryl methyl sites for hydroxylation is 1. The summed E-state index contributed by atoms with van der Waals surface area (Å²) in [6.07, 6.45) is 2.67. The third kappa shape index (κ3) is 1.06. The second-order valence-electron chi connectivity index (χ2n) is 1.63. The van der Waals surface area contributed by atoms with Crippen molar-refractivity contribution in [1.29, 1.82) is 0 Å². The zero-order chi connectivity index (χ0) is 5.82. The number of hydrogen-bond donors (Lipinski definition) is 0. The molecule has 1 nitrogen and oxygen atoms in total. The third-order valence-electron chi connectivity index (χ3n) is 1.04. The highest BCUT2D eigenvalue weighted by Gasteiger charge is 1.96. The smallest absolute Gasteiger partial charge is 0.221 e. The van der Waals surface area contributed by atoms with E-state index in [-0.39, 0.29) is 0 Å². The van der Waals surface area contributed by atoms with Crippen LogP contribution in [0.15, 0.2) is 28.9 Å². The van der Waals surface area contributed by atoms with Gasteiger partial charge in [0.1, 0.15) is 0 Å². The van der Waals surface area contributed by atoms with Gasteiger partial charge in [-0.3, -0.25) is 0 Å². The molecule has 1 aromatic rings. The highest BCUT2D eigenvalue weighted by atomic mass is 16.3. The predicted octanol–water partition coefficient (Wildman–Crippen LogP) is 2.12. The van der Waals surface area contributed by atoms with Gasteiger partial charge in [-0.2, -0.15) is 0 Å². The molecule has 1 aromatic heterocycles. The zero-order valence-electron chi connectivity index (χ0n) is 4.92. The Morgan fingerprint density at radius 3 is 2.75 bits per heavy atom. The van der Waals surface area contributed by atoms with Gasteiger partial charge in [0.05, 0.1) is 6.42 Å². The molecule has 0 aliphatic carbocycles. The fourth-order valence-corrected chi connectivity index (χ4v) is 0.575. The Bertz CT molecular complexity index is 146. The highest BCUT2D eigenvalue weighted by molar-refractivity contribution is 4.97. The van der Waals surface area contributed by atoms with Gasteiger partial charge in [-0.05, 0) is 6.07 Å². The lowest BCUT2D eigenvalue weighted by Crippen LogP contribution is -1.73. The molecular weight excluding hydrogens is 100 g/mol. The van der Waals surface area contributed by atoms with Crippen molar-refractivity contribution < 1.29 is 4.42 Å². The van der Waals surface area contributed by atoms with E-state index >= 15 is 0 Å².